The minimum absolute atomic E-state index is 0.277. The Hall–Kier alpha value is -1.10. The summed E-state index contributed by atoms with van der Waals surface area (Å²) in [6, 6.07) is -0.643. The van der Waals surface area contributed by atoms with Crippen LogP contribution in [0.2, 0.25) is 0 Å². The predicted molar refractivity (Wildman–Crippen MR) is 66.5 cm³/mol. The third kappa shape index (κ3) is 4.34. The summed E-state index contributed by atoms with van der Waals surface area (Å²) >= 11 is 0. The highest BCUT2D eigenvalue weighted by atomic mass is 16.4. The van der Waals surface area contributed by atoms with Crippen molar-refractivity contribution >= 4 is 11.9 Å². The van der Waals surface area contributed by atoms with E-state index in [4.69, 9.17) is 5.73 Å². The SMILES string of the molecule is CCC(C)CC(CC)(NC(C)C(N)=O)C(=O)O. The van der Waals surface area contributed by atoms with Gasteiger partial charge in [-0.3, -0.25) is 14.9 Å². The molecule has 3 atom stereocenters. The molecular formula is C12H24N2O3. The van der Waals surface area contributed by atoms with Crippen molar-refractivity contribution in [2.75, 3.05) is 0 Å². The van der Waals surface area contributed by atoms with Gasteiger partial charge in [0.25, 0.3) is 0 Å². The number of carboxylic acids is 1. The van der Waals surface area contributed by atoms with Crippen LogP contribution in [0.3, 0.4) is 0 Å². The molecule has 0 fully saturated rings. The number of primary amides is 1. The first-order valence-electron chi connectivity index (χ1n) is 6.09. The molecule has 5 nitrogen and oxygen atoms in total. The van der Waals surface area contributed by atoms with Gasteiger partial charge in [0.05, 0.1) is 6.04 Å². The molecule has 100 valence electrons. The Bertz CT molecular complexity index is 281. The standard InChI is InChI=1S/C12H24N2O3/c1-5-8(3)7-12(6-2,11(16)17)14-9(4)10(13)15/h8-9,14H,5-7H2,1-4H3,(H2,13,15)(H,16,17). The average molecular weight is 244 g/mol. The van der Waals surface area contributed by atoms with Crippen LogP contribution in [-0.2, 0) is 9.59 Å². The third-order valence-corrected chi connectivity index (χ3v) is 3.33. The third-order valence-electron chi connectivity index (χ3n) is 3.33. The van der Waals surface area contributed by atoms with Crippen LogP contribution in [0.5, 0.6) is 0 Å². The zero-order valence-electron chi connectivity index (χ0n) is 11.1. The largest absolute Gasteiger partial charge is 0.480 e. The summed E-state index contributed by atoms with van der Waals surface area (Å²) in [7, 11) is 0. The van der Waals surface area contributed by atoms with Crippen LogP contribution >= 0.6 is 0 Å². The molecule has 1 amide bonds. The maximum absolute atomic E-state index is 11.4. The molecule has 0 rings (SSSR count). The van der Waals surface area contributed by atoms with Crippen LogP contribution in [-0.4, -0.2) is 28.6 Å². The highest BCUT2D eigenvalue weighted by Crippen LogP contribution is 2.24. The minimum Gasteiger partial charge on any atom is -0.480 e. The number of nitrogens with two attached hydrogens (primary N) is 1. The molecule has 4 N–H and O–H groups in total. The number of rotatable bonds is 8. The monoisotopic (exact) mass is 244 g/mol. The van der Waals surface area contributed by atoms with Gasteiger partial charge in [-0.05, 0) is 25.7 Å². The lowest BCUT2D eigenvalue weighted by atomic mass is 9.84. The van der Waals surface area contributed by atoms with Gasteiger partial charge in [0, 0.05) is 0 Å². The molecule has 3 unspecified atom stereocenters. The summed E-state index contributed by atoms with van der Waals surface area (Å²) in [6.45, 7) is 7.41. The van der Waals surface area contributed by atoms with E-state index >= 15 is 0 Å². The van der Waals surface area contributed by atoms with Gasteiger partial charge >= 0.3 is 5.97 Å². The summed E-state index contributed by atoms with van der Waals surface area (Å²) in [5, 5.41) is 12.3. The number of amides is 1. The number of carbonyl (C=O) groups is 2. The second-order valence-electron chi connectivity index (χ2n) is 4.73. The van der Waals surface area contributed by atoms with E-state index in [9.17, 15) is 14.7 Å². The van der Waals surface area contributed by atoms with Crippen LogP contribution in [0.25, 0.3) is 0 Å². The van der Waals surface area contributed by atoms with Gasteiger partial charge < -0.3 is 10.8 Å². The van der Waals surface area contributed by atoms with E-state index in [0.29, 0.717) is 12.8 Å². The minimum atomic E-state index is -1.07. The fraction of sp³-hybridized carbons (Fsp3) is 0.833. The van der Waals surface area contributed by atoms with E-state index in [-0.39, 0.29) is 5.92 Å². The van der Waals surface area contributed by atoms with Crippen molar-refractivity contribution in [2.24, 2.45) is 11.7 Å². The highest BCUT2D eigenvalue weighted by Gasteiger charge is 2.39. The van der Waals surface area contributed by atoms with Crippen molar-refractivity contribution in [1.29, 1.82) is 0 Å². The maximum Gasteiger partial charge on any atom is 0.323 e. The van der Waals surface area contributed by atoms with E-state index in [1.807, 2.05) is 13.8 Å². The van der Waals surface area contributed by atoms with Crippen LogP contribution in [0, 0.1) is 5.92 Å². The summed E-state index contributed by atoms with van der Waals surface area (Å²) in [6.07, 6.45) is 1.82. The summed E-state index contributed by atoms with van der Waals surface area (Å²) in [5.74, 6) is -1.18. The molecule has 0 aliphatic heterocycles. The number of hydrogen-bond donors (Lipinski definition) is 3. The topological polar surface area (TPSA) is 92.4 Å². The number of nitrogens with one attached hydrogen (secondary N) is 1. The summed E-state index contributed by atoms with van der Waals surface area (Å²) in [4.78, 5) is 22.5. The number of carbonyl (C=O) groups excluding carboxylic acids is 1. The molecular weight excluding hydrogens is 220 g/mol. The molecule has 0 aliphatic carbocycles. The molecule has 0 aromatic carbocycles. The van der Waals surface area contributed by atoms with E-state index < -0.39 is 23.5 Å². The van der Waals surface area contributed by atoms with Crippen LogP contribution in [0.4, 0.5) is 0 Å². The second-order valence-corrected chi connectivity index (χ2v) is 4.73. The lowest BCUT2D eigenvalue weighted by Gasteiger charge is -2.33. The van der Waals surface area contributed by atoms with E-state index in [2.05, 4.69) is 5.32 Å². The summed E-state index contributed by atoms with van der Waals surface area (Å²) < 4.78 is 0. The molecule has 0 aromatic heterocycles. The van der Waals surface area contributed by atoms with Gasteiger partial charge in [0.15, 0.2) is 0 Å². The van der Waals surface area contributed by atoms with Crippen molar-refractivity contribution in [3.63, 3.8) is 0 Å². The first kappa shape index (κ1) is 15.9. The highest BCUT2D eigenvalue weighted by molar-refractivity contribution is 5.83. The smallest absolute Gasteiger partial charge is 0.323 e. The summed E-state index contributed by atoms with van der Waals surface area (Å²) in [5.41, 5.74) is 4.10. The van der Waals surface area contributed by atoms with Gasteiger partial charge in [-0.1, -0.05) is 27.2 Å². The first-order valence-corrected chi connectivity index (χ1v) is 6.09. The Labute approximate surface area is 103 Å². The Morgan fingerprint density at radius 2 is 1.88 bits per heavy atom. The predicted octanol–water partition coefficient (Wildman–Crippen LogP) is 1.12. The quantitative estimate of drug-likeness (QED) is 0.596. The van der Waals surface area contributed by atoms with Crippen molar-refractivity contribution in [3.8, 4) is 0 Å². The lowest BCUT2D eigenvalue weighted by molar-refractivity contribution is -0.146. The lowest BCUT2D eigenvalue weighted by Crippen LogP contribution is -2.58. The van der Waals surface area contributed by atoms with Crippen molar-refractivity contribution in [3.05, 3.63) is 0 Å². The zero-order valence-corrected chi connectivity index (χ0v) is 11.1. The molecule has 0 bridgehead atoms. The molecule has 5 heteroatoms. The number of aliphatic carboxylic acids is 1. The van der Waals surface area contributed by atoms with Gasteiger partial charge in [-0.2, -0.15) is 0 Å². The average Bonchev–Trinajstić information content (AvgIpc) is 2.27. The van der Waals surface area contributed by atoms with Crippen LogP contribution < -0.4 is 11.1 Å². The molecule has 0 saturated heterocycles. The van der Waals surface area contributed by atoms with Crippen molar-refractivity contribution < 1.29 is 14.7 Å². The Balaban J connectivity index is 4.95. The fourth-order valence-corrected chi connectivity index (χ4v) is 1.83. The van der Waals surface area contributed by atoms with E-state index in [0.717, 1.165) is 6.42 Å². The Kier molecular flexibility index (Phi) is 6.16. The van der Waals surface area contributed by atoms with E-state index in [1.165, 1.54) is 0 Å². The van der Waals surface area contributed by atoms with Crippen molar-refractivity contribution in [1.82, 2.24) is 5.32 Å². The number of carboxylic acid groups (broad SMARTS) is 1. The molecule has 0 aromatic rings. The molecule has 0 saturated carbocycles. The van der Waals surface area contributed by atoms with Gasteiger partial charge in [-0.15, -0.1) is 0 Å². The van der Waals surface area contributed by atoms with Gasteiger partial charge in [0.2, 0.25) is 5.91 Å². The fourth-order valence-electron chi connectivity index (χ4n) is 1.83. The normalized spacial score (nSPS) is 18.1. The van der Waals surface area contributed by atoms with E-state index in [1.54, 1.807) is 13.8 Å². The van der Waals surface area contributed by atoms with Crippen molar-refractivity contribution in [2.45, 2.75) is 58.5 Å². The maximum atomic E-state index is 11.4. The second kappa shape index (κ2) is 6.59. The first-order chi connectivity index (χ1) is 7.79. The Morgan fingerprint density at radius 3 is 2.18 bits per heavy atom. The molecule has 0 spiro atoms. The van der Waals surface area contributed by atoms with Gasteiger partial charge in [0.1, 0.15) is 5.54 Å². The number of hydrogen-bond acceptors (Lipinski definition) is 3. The molecule has 17 heavy (non-hydrogen) atoms. The zero-order chi connectivity index (χ0) is 13.6. The molecule has 0 aliphatic rings. The Morgan fingerprint density at radius 1 is 1.35 bits per heavy atom. The van der Waals surface area contributed by atoms with Gasteiger partial charge in [-0.25, -0.2) is 0 Å². The van der Waals surface area contributed by atoms with Crippen LogP contribution in [0.1, 0.15) is 47.0 Å². The molecule has 0 heterocycles. The molecule has 0 radical (unpaired) electrons. The van der Waals surface area contributed by atoms with Crippen LogP contribution in [0.15, 0.2) is 0 Å².